The van der Waals surface area contributed by atoms with Crippen molar-refractivity contribution in [1.82, 2.24) is 9.88 Å². The number of hydrogen-bond donors (Lipinski definition) is 0. The number of ether oxygens (including phenoxy) is 1. The van der Waals surface area contributed by atoms with Crippen molar-refractivity contribution in [3.05, 3.63) is 54.0 Å². The minimum Gasteiger partial charge on any atom is -0.493 e. The fourth-order valence-corrected chi connectivity index (χ4v) is 4.04. The van der Waals surface area contributed by atoms with Gasteiger partial charge in [-0.3, -0.25) is 9.69 Å². The first kappa shape index (κ1) is 19.4. The number of benzene rings is 2. The number of halogens is 1. The number of amides is 1. The summed E-state index contributed by atoms with van der Waals surface area (Å²) in [4.78, 5) is 21.2. The first-order chi connectivity index (χ1) is 14.0. The van der Waals surface area contributed by atoms with Gasteiger partial charge >= 0.3 is 0 Å². The predicted octanol–water partition coefficient (Wildman–Crippen LogP) is 4.40. The van der Waals surface area contributed by atoms with E-state index in [1.54, 1.807) is 31.4 Å². The number of likely N-dealkylation sites (N-methyl/N-ethyl adjacent to an activating group) is 1. The average Bonchev–Trinajstić information content (AvgIpc) is 3.32. The van der Waals surface area contributed by atoms with Gasteiger partial charge < -0.3 is 14.1 Å². The highest BCUT2D eigenvalue weighted by Gasteiger charge is 2.25. The standard InChI is InChI=1S/C21H20FN3O3S/c1-24(2)10-11-25(21-23-18-14(22)7-5-9-17(18)29-21)20(26)16-12-13-6-4-8-15(27-3)19(13)28-16/h4-9,12H,10-11H2,1-3H3. The van der Waals surface area contributed by atoms with E-state index in [2.05, 4.69) is 4.98 Å². The van der Waals surface area contributed by atoms with Gasteiger partial charge in [0, 0.05) is 18.5 Å². The second-order valence-corrected chi connectivity index (χ2v) is 7.84. The van der Waals surface area contributed by atoms with E-state index in [-0.39, 0.29) is 17.2 Å². The van der Waals surface area contributed by atoms with Crippen molar-refractivity contribution in [2.24, 2.45) is 0 Å². The summed E-state index contributed by atoms with van der Waals surface area (Å²) in [6.07, 6.45) is 0. The van der Waals surface area contributed by atoms with Crippen LogP contribution in [0.4, 0.5) is 9.52 Å². The van der Waals surface area contributed by atoms with E-state index in [4.69, 9.17) is 9.15 Å². The van der Waals surface area contributed by atoms with Gasteiger partial charge in [0.05, 0.1) is 11.8 Å². The molecule has 29 heavy (non-hydrogen) atoms. The molecule has 0 spiro atoms. The number of anilines is 1. The lowest BCUT2D eigenvalue weighted by molar-refractivity contribution is 0.0960. The molecule has 2 aromatic carbocycles. The Balaban J connectivity index is 1.76. The molecule has 0 aliphatic carbocycles. The summed E-state index contributed by atoms with van der Waals surface area (Å²) in [5.41, 5.74) is 0.780. The molecule has 0 unspecified atom stereocenters. The highest BCUT2D eigenvalue weighted by Crippen LogP contribution is 2.33. The third-order valence-corrected chi connectivity index (χ3v) is 5.59. The normalized spacial score (nSPS) is 11.5. The minimum atomic E-state index is -0.404. The van der Waals surface area contributed by atoms with Crippen molar-refractivity contribution in [3.63, 3.8) is 0 Å². The Morgan fingerprint density at radius 3 is 2.72 bits per heavy atom. The van der Waals surface area contributed by atoms with Gasteiger partial charge in [0.2, 0.25) is 0 Å². The van der Waals surface area contributed by atoms with Crippen molar-refractivity contribution >= 4 is 43.6 Å². The molecule has 0 bridgehead atoms. The molecular formula is C21H20FN3O3S. The Morgan fingerprint density at radius 2 is 2.00 bits per heavy atom. The maximum Gasteiger partial charge on any atom is 0.295 e. The van der Waals surface area contributed by atoms with Crippen LogP contribution in [0.25, 0.3) is 21.2 Å². The molecule has 2 heterocycles. The van der Waals surface area contributed by atoms with Crippen molar-refractivity contribution in [2.75, 3.05) is 39.2 Å². The lowest BCUT2D eigenvalue weighted by Crippen LogP contribution is -2.36. The molecule has 0 radical (unpaired) electrons. The summed E-state index contributed by atoms with van der Waals surface area (Å²) in [7, 11) is 5.40. The Labute approximate surface area is 171 Å². The maximum absolute atomic E-state index is 14.1. The number of carbonyl (C=O) groups is 1. The van der Waals surface area contributed by atoms with E-state index in [0.717, 1.165) is 5.39 Å². The number of hydrogen-bond acceptors (Lipinski definition) is 6. The molecule has 0 atom stereocenters. The van der Waals surface area contributed by atoms with E-state index in [1.165, 1.54) is 22.3 Å². The second-order valence-electron chi connectivity index (χ2n) is 6.83. The van der Waals surface area contributed by atoms with Crippen molar-refractivity contribution < 1.29 is 18.3 Å². The summed E-state index contributed by atoms with van der Waals surface area (Å²) in [6.45, 7) is 1.01. The first-order valence-corrected chi connectivity index (χ1v) is 9.88. The molecule has 8 heteroatoms. The number of rotatable bonds is 6. The minimum absolute atomic E-state index is 0.183. The van der Waals surface area contributed by atoms with E-state index in [1.807, 2.05) is 31.1 Å². The monoisotopic (exact) mass is 413 g/mol. The lowest BCUT2D eigenvalue weighted by Gasteiger charge is -2.20. The fourth-order valence-electron chi connectivity index (χ4n) is 3.04. The number of carbonyl (C=O) groups excluding carboxylic acids is 1. The summed E-state index contributed by atoms with van der Waals surface area (Å²) in [5, 5.41) is 1.21. The van der Waals surface area contributed by atoms with Crippen LogP contribution in [0, 0.1) is 5.82 Å². The molecule has 4 aromatic rings. The molecular weight excluding hydrogens is 393 g/mol. The molecule has 0 fully saturated rings. The van der Waals surface area contributed by atoms with E-state index in [9.17, 15) is 9.18 Å². The van der Waals surface area contributed by atoms with Crippen molar-refractivity contribution in [2.45, 2.75) is 0 Å². The third kappa shape index (κ3) is 3.68. The van der Waals surface area contributed by atoms with Gasteiger partial charge in [-0.25, -0.2) is 9.37 Å². The van der Waals surface area contributed by atoms with E-state index >= 15 is 0 Å². The van der Waals surface area contributed by atoms with Gasteiger partial charge in [0.15, 0.2) is 22.2 Å². The zero-order valence-corrected chi connectivity index (χ0v) is 17.1. The lowest BCUT2D eigenvalue weighted by atomic mass is 10.2. The Kier molecular flexibility index (Phi) is 5.21. The zero-order valence-electron chi connectivity index (χ0n) is 16.3. The Morgan fingerprint density at radius 1 is 1.21 bits per heavy atom. The number of aromatic nitrogens is 1. The van der Waals surface area contributed by atoms with Gasteiger partial charge in [-0.1, -0.05) is 29.5 Å². The van der Waals surface area contributed by atoms with Crippen LogP contribution in [-0.2, 0) is 0 Å². The molecule has 2 aromatic heterocycles. The molecule has 0 saturated heterocycles. The number of thiazole rings is 1. The maximum atomic E-state index is 14.1. The summed E-state index contributed by atoms with van der Waals surface area (Å²) in [6, 6.07) is 12.0. The molecule has 4 rings (SSSR count). The SMILES string of the molecule is COc1cccc2cc(C(=O)N(CCN(C)C)c3nc4c(F)cccc4s3)oc12. The predicted molar refractivity (Wildman–Crippen MR) is 113 cm³/mol. The first-order valence-electron chi connectivity index (χ1n) is 9.06. The molecule has 0 aliphatic rings. The van der Waals surface area contributed by atoms with Crippen molar-refractivity contribution in [3.8, 4) is 5.75 Å². The van der Waals surface area contributed by atoms with Gasteiger partial charge in [-0.05, 0) is 38.4 Å². The number of fused-ring (bicyclic) bond motifs is 2. The Bertz CT molecular complexity index is 1180. The van der Waals surface area contributed by atoms with E-state index < -0.39 is 5.82 Å². The number of nitrogens with zero attached hydrogens (tertiary/aromatic N) is 3. The number of para-hydroxylation sites is 2. The molecule has 0 saturated carbocycles. The smallest absolute Gasteiger partial charge is 0.295 e. The van der Waals surface area contributed by atoms with Crippen LogP contribution in [0.15, 0.2) is 46.9 Å². The molecule has 6 nitrogen and oxygen atoms in total. The van der Waals surface area contributed by atoms with Crippen LogP contribution < -0.4 is 9.64 Å². The van der Waals surface area contributed by atoms with Gasteiger partial charge in [0.25, 0.3) is 5.91 Å². The van der Waals surface area contributed by atoms with Gasteiger partial charge in [-0.15, -0.1) is 0 Å². The zero-order chi connectivity index (χ0) is 20.5. The summed E-state index contributed by atoms with van der Waals surface area (Å²) in [5.74, 6) is 0.00878. The number of furan rings is 1. The molecule has 150 valence electrons. The largest absolute Gasteiger partial charge is 0.493 e. The Hall–Kier alpha value is -2.97. The molecule has 0 N–H and O–H groups in total. The van der Waals surface area contributed by atoms with Gasteiger partial charge in [-0.2, -0.15) is 0 Å². The second kappa shape index (κ2) is 7.81. The van der Waals surface area contributed by atoms with Crippen LogP contribution in [0.5, 0.6) is 5.75 Å². The number of methoxy groups -OCH3 is 1. The van der Waals surface area contributed by atoms with Crippen LogP contribution in [0.2, 0.25) is 0 Å². The van der Waals surface area contributed by atoms with Crippen LogP contribution in [-0.4, -0.2) is 50.1 Å². The van der Waals surface area contributed by atoms with Crippen LogP contribution in [0.1, 0.15) is 10.6 Å². The van der Waals surface area contributed by atoms with Gasteiger partial charge in [0.1, 0.15) is 11.3 Å². The highest BCUT2D eigenvalue weighted by atomic mass is 32.1. The fraction of sp³-hybridized carbons (Fsp3) is 0.238. The quantitative estimate of drug-likeness (QED) is 0.469. The van der Waals surface area contributed by atoms with E-state index in [0.29, 0.717) is 34.3 Å². The summed E-state index contributed by atoms with van der Waals surface area (Å²) >= 11 is 1.28. The molecule has 0 aliphatic heterocycles. The van der Waals surface area contributed by atoms with Crippen LogP contribution >= 0.6 is 11.3 Å². The van der Waals surface area contributed by atoms with Crippen LogP contribution in [0.3, 0.4) is 0 Å². The summed E-state index contributed by atoms with van der Waals surface area (Å²) < 4.78 is 26.0. The average molecular weight is 413 g/mol. The molecule has 1 amide bonds. The van der Waals surface area contributed by atoms with Crippen molar-refractivity contribution in [1.29, 1.82) is 0 Å². The highest BCUT2D eigenvalue weighted by molar-refractivity contribution is 7.22. The topological polar surface area (TPSA) is 58.8 Å². The third-order valence-electron chi connectivity index (χ3n) is 4.54.